The summed E-state index contributed by atoms with van der Waals surface area (Å²) in [5.74, 6) is -0.136. The van der Waals surface area contributed by atoms with Crippen LogP contribution in [0.1, 0.15) is 23.7 Å². The van der Waals surface area contributed by atoms with Crippen molar-refractivity contribution in [2.75, 3.05) is 6.54 Å². The van der Waals surface area contributed by atoms with Gasteiger partial charge in [-0.2, -0.15) is 0 Å². The van der Waals surface area contributed by atoms with E-state index < -0.39 is 0 Å². The van der Waals surface area contributed by atoms with Crippen molar-refractivity contribution < 1.29 is 4.79 Å². The number of amides is 1. The smallest absolute Gasteiger partial charge is 0.254 e. The molecule has 1 atom stereocenters. The number of rotatable bonds is 4. The summed E-state index contributed by atoms with van der Waals surface area (Å²) in [6.45, 7) is 2.67. The van der Waals surface area contributed by atoms with E-state index in [1.165, 1.54) is 18.7 Å². The lowest BCUT2D eigenvalue weighted by Gasteiger charge is -2.07. The zero-order valence-corrected chi connectivity index (χ0v) is 9.49. The lowest BCUT2D eigenvalue weighted by Crippen LogP contribution is -2.29. The Labute approximate surface area is 91.3 Å². The van der Waals surface area contributed by atoms with Crippen molar-refractivity contribution >= 4 is 21.8 Å². The van der Waals surface area contributed by atoms with Crippen molar-refractivity contribution in [3.63, 3.8) is 0 Å². The molecule has 0 saturated carbocycles. The molecule has 76 valence electrons. The molecule has 0 aliphatic rings. The zero-order valence-electron chi connectivity index (χ0n) is 7.90. The highest BCUT2D eigenvalue weighted by Crippen LogP contribution is 2.02. The summed E-state index contributed by atoms with van der Waals surface area (Å²) in [6, 6.07) is 0. The predicted molar refractivity (Wildman–Crippen MR) is 57.4 cm³/mol. The molecule has 0 radical (unpaired) electrons. The van der Waals surface area contributed by atoms with Crippen molar-refractivity contribution in [2.24, 2.45) is 0 Å². The maximum Gasteiger partial charge on any atom is 0.254 e. The van der Waals surface area contributed by atoms with Crippen LogP contribution in [-0.4, -0.2) is 27.2 Å². The van der Waals surface area contributed by atoms with Gasteiger partial charge < -0.3 is 5.32 Å². The van der Waals surface area contributed by atoms with E-state index in [0.717, 1.165) is 6.42 Å². The summed E-state index contributed by atoms with van der Waals surface area (Å²) in [6.07, 6.45) is 5.37. The first-order valence-corrected chi connectivity index (χ1v) is 5.33. The van der Waals surface area contributed by atoms with Crippen LogP contribution in [0.4, 0.5) is 0 Å². The van der Waals surface area contributed by atoms with E-state index in [9.17, 15) is 4.79 Å². The van der Waals surface area contributed by atoms with Crippen molar-refractivity contribution in [3.8, 4) is 0 Å². The summed E-state index contributed by atoms with van der Waals surface area (Å²) >= 11 is 3.43. The van der Waals surface area contributed by atoms with Crippen LogP contribution in [0.2, 0.25) is 0 Å². The average Bonchev–Trinajstić information content (AvgIpc) is 2.26. The number of nitrogens with one attached hydrogen (secondary N) is 1. The molecule has 4 nitrogen and oxygen atoms in total. The number of halogens is 1. The van der Waals surface area contributed by atoms with Gasteiger partial charge in [-0.1, -0.05) is 22.9 Å². The number of carbonyl (C=O) groups is 1. The normalized spacial score (nSPS) is 12.1. The summed E-state index contributed by atoms with van der Waals surface area (Å²) in [5, 5.41) is 2.78. The first kappa shape index (κ1) is 11.1. The second-order valence-corrected chi connectivity index (χ2v) is 4.14. The van der Waals surface area contributed by atoms with E-state index in [2.05, 4.69) is 38.1 Å². The summed E-state index contributed by atoms with van der Waals surface area (Å²) in [4.78, 5) is 19.3. The van der Waals surface area contributed by atoms with Crippen molar-refractivity contribution in [1.82, 2.24) is 15.3 Å². The van der Waals surface area contributed by atoms with Crippen LogP contribution in [-0.2, 0) is 0 Å². The molecule has 5 heteroatoms. The fraction of sp³-hybridized carbons (Fsp3) is 0.444. The van der Waals surface area contributed by atoms with Crippen LogP contribution < -0.4 is 5.32 Å². The molecule has 0 bridgehead atoms. The standard InChI is InChI=1S/C9H12BrN3O/c1-2-8(10)5-13-9(14)7-3-11-6-12-4-7/h3-4,6,8H,2,5H2,1H3,(H,13,14). The van der Waals surface area contributed by atoms with Gasteiger partial charge in [0.05, 0.1) is 5.56 Å². The average molecular weight is 258 g/mol. The van der Waals surface area contributed by atoms with Gasteiger partial charge in [-0.3, -0.25) is 4.79 Å². The number of aromatic nitrogens is 2. The van der Waals surface area contributed by atoms with Gasteiger partial charge in [-0.15, -0.1) is 0 Å². The lowest BCUT2D eigenvalue weighted by molar-refractivity contribution is 0.0953. The molecular weight excluding hydrogens is 246 g/mol. The molecule has 1 amide bonds. The van der Waals surface area contributed by atoms with Gasteiger partial charge in [0.25, 0.3) is 5.91 Å². The highest BCUT2D eigenvalue weighted by Gasteiger charge is 2.07. The Hall–Kier alpha value is -0.970. The Morgan fingerprint density at radius 3 is 2.79 bits per heavy atom. The van der Waals surface area contributed by atoms with Gasteiger partial charge >= 0.3 is 0 Å². The van der Waals surface area contributed by atoms with Crippen LogP contribution in [0.15, 0.2) is 18.7 Å². The van der Waals surface area contributed by atoms with Crippen LogP contribution in [0.5, 0.6) is 0 Å². The lowest BCUT2D eigenvalue weighted by atomic mass is 10.3. The van der Waals surface area contributed by atoms with Crippen molar-refractivity contribution in [2.45, 2.75) is 18.2 Å². The number of hydrogen-bond acceptors (Lipinski definition) is 3. The zero-order chi connectivity index (χ0) is 10.4. The van der Waals surface area contributed by atoms with Gasteiger partial charge in [-0.25, -0.2) is 9.97 Å². The Bertz CT molecular complexity index is 291. The molecule has 1 aromatic rings. The molecule has 1 heterocycles. The molecule has 0 aliphatic heterocycles. The minimum atomic E-state index is -0.136. The molecule has 0 saturated heterocycles. The van der Waals surface area contributed by atoms with E-state index in [1.54, 1.807) is 0 Å². The highest BCUT2D eigenvalue weighted by atomic mass is 79.9. The van der Waals surface area contributed by atoms with Crippen molar-refractivity contribution in [1.29, 1.82) is 0 Å². The monoisotopic (exact) mass is 257 g/mol. The molecule has 1 unspecified atom stereocenters. The maximum absolute atomic E-state index is 11.5. The van der Waals surface area contributed by atoms with Gasteiger partial charge in [0, 0.05) is 23.8 Å². The highest BCUT2D eigenvalue weighted by molar-refractivity contribution is 9.09. The fourth-order valence-corrected chi connectivity index (χ4v) is 1.03. The van der Waals surface area contributed by atoms with Crippen LogP contribution >= 0.6 is 15.9 Å². The molecule has 0 aromatic carbocycles. The fourth-order valence-electron chi connectivity index (χ4n) is 0.866. The number of carbonyl (C=O) groups excluding carboxylic acids is 1. The molecule has 0 spiro atoms. The maximum atomic E-state index is 11.5. The number of hydrogen-bond donors (Lipinski definition) is 1. The summed E-state index contributed by atoms with van der Waals surface area (Å²) in [7, 11) is 0. The quantitative estimate of drug-likeness (QED) is 0.830. The SMILES string of the molecule is CCC(Br)CNC(=O)c1cncnc1. The molecule has 14 heavy (non-hydrogen) atoms. The Morgan fingerprint density at radius 1 is 1.57 bits per heavy atom. The van der Waals surface area contributed by atoms with E-state index >= 15 is 0 Å². The van der Waals surface area contributed by atoms with E-state index in [1.807, 2.05) is 0 Å². The third kappa shape index (κ3) is 3.41. The summed E-state index contributed by atoms with van der Waals surface area (Å²) in [5.41, 5.74) is 0.489. The first-order chi connectivity index (χ1) is 6.74. The Morgan fingerprint density at radius 2 is 2.21 bits per heavy atom. The topological polar surface area (TPSA) is 54.9 Å². The largest absolute Gasteiger partial charge is 0.351 e. The third-order valence-electron chi connectivity index (χ3n) is 1.75. The minimum Gasteiger partial charge on any atom is -0.351 e. The predicted octanol–water partition coefficient (Wildman–Crippen LogP) is 1.38. The minimum absolute atomic E-state index is 0.136. The first-order valence-electron chi connectivity index (χ1n) is 4.41. The third-order valence-corrected chi connectivity index (χ3v) is 2.72. The van der Waals surface area contributed by atoms with Crippen LogP contribution in [0, 0.1) is 0 Å². The molecule has 1 aromatic heterocycles. The van der Waals surface area contributed by atoms with E-state index in [-0.39, 0.29) is 5.91 Å². The van der Waals surface area contributed by atoms with Gasteiger partial charge in [-0.05, 0) is 6.42 Å². The van der Waals surface area contributed by atoms with Crippen LogP contribution in [0.3, 0.4) is 0 Å². The second-order valence-electron chi connectivity index (χ2n) is 2.84. The molecule has 0 aliphatic carbocycles. The molecular formula is C9H12BrN3O. The molecule has 1 rings (SSSR count). The molecule has 0 fully saturated rings. The summed E-state index contributed by atoms with van der Waals surface area (Å²) < 4.78 is 0. The van der Waals surface area contributed by atoms with Crippen molar-refractivity contribution in [3.05, 3.63) is 24.3 Å². The Kier molecular flexibility index (Phi) is 4.52. The molecule has 1 N–H and O–H groups in total. The van der Waals surface area contributed by atoms with Gasteiger partial charge in [0.1, 0.15) is 6.33 Å². The second kappa shape index (κ2) is 5.70. The van der Waals surface area contributed by atoms with E-state index in [4.69, 9.17) is 0 Å². The Balaban J connectivity index is 2.44. The van der Waals surface area contributed by atoms with E-state index in [0.29, 0.717) is 16.9 Å². The number of nitrogens with zero attached hydrogens (tertiary/aromatic N) is 2. The van der Waals surface area contributed by atoms with Gasteiger partial charge in [0.15, 0.2) is 0 Å². The number of alkyl halides is 1. The van der Waals surface area contributed by atoms with Gasteiger partial charge in [0.2, 0.25) is 0 Å². The van der Waals surface area contributed by atoms with Crippen LogP contribution in [0.25, 0.3) is 0 Å².